The van der Waals surface area contributed by atoms with Crippen LogP contribution in [-0.2, 0) is 0 Å². The molecule has 2 heterocycles. The number of ether oxygens (including phenoxy) is 1. The van der Waals surface area contributed by atoms with Crippen molar-refractivity contribution in [3.8, 4) is 11.4 Å². The fraction of sp³-hybridized carbons (Fsp3) is 0.190. The summed E-state index contributed by atoms with van der Waals surface area (Å²) in [5.74, 6) is 0.142. The van der Waals surface area contributed by atoms with Gasteiger partial charge in [-0.15, -0.1) is 0 Å². The van der Waals surface area contributed by atoms with E-state index in [4.69, 9.17) is 16.3 Å². The number of halogens is 1. The summed E-state index contributed by atoms with van der Waals surface area (Å²) in [6, 6.07) is 10.1. The van der Waals surface area contributed by atoms with Gasteiger partial charge in [0.05, 0.1) is 24.0 Å². The molecule has 0 radical (unpaired) electrons. The number of rotatable bonds is 4. The maximum absolute atomic E-state index is 12.8. The smallest absolute Gasteiger partial charge is 0.257 e. The van der Waals surface area contributed by atoms with E-state index < -0.39 is 5.91 Å². The second kappa shape index (κ2) is 7.86. The lowest BCUT2D eigenvalue weighted by Gasteiger charge is -2.14. The van der Waals surface area contributed by atoms with Gasteiger partial charge in [-0.05, 0) is 56.2 Å². The van der Waals surface area contributed by atoms with Crippen molar-refractivity contribution in [1.29, 1.82) is 0 Å². The summed E-state index contributed by atoms with van der Waals surface area (Å²) in [6.45, 7) is 5.59. The Morgan fingerprint density at radius 3 is 2.57 bits per heavy atom. The Kier molecular flexibility index (Phi) is 5.51. The second-order valence-electron chi connectivity index (χ2n) is 6.50. The van der Waals surface area contributed by atoms with Gasteiger partial charge in [0, 0.05) is 18.0 Å². The van der Waals surface area contributed by atoms with Crippen molar-refractivity contribution in [3.05, 3.63) is 80.5 Å². The summed E-state index contributed by atoms with van der Waals surface area (Å²) in [4.78, 5) is 29.4. The van der Waals surface area contributed by atoms with Crippen LogP contribution in [0, 0.1) is 20.8 Å². The number of carbonyl (C=O) groups excluding carboxylic acids is 1. The van der Waals surface area contributed by atoms with Gasteiger partial charge in [0.1, 0.15) is 5.75 Å². The molecule has 7 heteroatoms. The molecule has 0 fully saturated rings. The minimum absolute atomic E-state index is 0.222. The normalized spacial score (nSPS) is 10.6. The molecule has 2 aromatic heterocycles. The highest BCUT2D eigenvalue weighted by molar-refractivity contribution is 6.33. The highest BCUT2D eigenvalue weighted by Crippen LogP contribution is 2.26. The van der Waals surface area contributed by atoms with Gasteiger partial charge in [0.25, 0.3) is 11.5 Å². The number of aryl methyl sites for hydroxylation is 3. The van der Waals surface area contributed by atoms with Crippen LogP contribution >= 0.6 is 11.6 Å². The molecule has 144 valence electrons. The molecule has 1 N–H and O–H groups in total. The molecule has 0 aliphatic heterocycles. The molecule has 3 aromatic rings. The van der Waals surface area contributed by atoms with Gasteiger partial charge in [-0.25, -0.2) is 4.98 Å². The Morgan fingerprint density at radius 1 is 1.14 bits per heavy atom. The van der Waals surface area contributed by atoms with E-state index >= 15 is 0 Å². The number of anilines is 1. The van der Waals surface area contributed by atoms with E-state index in [1.54, 1.807) is 6.07 Å². The van der Waals surface area contributed by atoms with Crippen LogP contribution in [0.4, 0.5) is 5.69 Å². The van der Waals surface area contributed by atoms with Crippen molar-refractivity contribution in [2.45, 2.75) is 20.8 Å². The van der Waals surface area contributed by atoms with E-state index in [0.717, 1.165) is 16.8 Å². The van der Waals surface area contributed by atoms with Crippen LogP contribution < -0.4 is 15.6 Å². The Hall–Kier alpha value is -3.12. The summed E-state index contributed by atoms with van der Waals surface area (Å²) >= 11 is 6.18. The molecule has 3 rings (SSSR count). The first-order chi connectivity index (χ1) is 13.3. The molecule has 0 saturated carbocycles. The predicted octanol–water partition coefficient (Wildman–Crippen LogP) is 4.07. The topological polar surface area (TPSA) is 73.2 Å². The first-order valence-corrected chi connectivity index (χ1v) is 9.00. The van der Waals surface area contributed by atoms with E-state index in [1.807, 2.05) is 39.0 Å². The lowest BCUT2D eigenvalue weighted by molar-refractivity contribution is 0.102. The van der Waals surface area contributed by atoms with Crippen LogP contribution in [0.2, 0.25) is 5.15 Å². The molecule has 0 bridgehead atoms. The fourth-order valence-corrected chi connectivity index (χ4v) is 3.25. The van der Waals surface area contributed by atoms with Gasteiger partial charge < -0.3 is 10.1 Å². The van der Waals surface area contributed by atoms with Crippen LogP contribution in [0.15, 0.2) is 47.4 Å². The van der Waals surface area contributed by atoms with Crippen LogP contribution in [0.5, 0.6) is 5.75 Å². The maximum Gasteiger partial charge on any atom is 0.257 e. The highest BCUT2D eigenvalue weighted by atomic mass is 35.5. The van der Waals surface area contributed by atoms with E-state index in [-0.39, 0.29) is 10.7 Å². The van der Waals surface area contributed by atoms with Gasteiger partial charge in [-0.1, -0.05) is 17.7 Å². The minimum Gasteiger partial charge on any atom is -0.495 e. The van der Waals surface area contributed by atoms with Crippen LogP contribution in [0.1, 0.15) is 27.2 Å². The van der Waals surface area contributed by atoms with Crippen LogP contribution in [0.3, 0.4) is 0 Å². The van der Waals surface area contributed by atoms with E-state index in [9.17, 15) is 9.59 Å². The third-order valence-corrected chi connectivity index (χ3v) is 4.58. The van der Waals surface area contributed by atoms with Crippen LogP contribution in [-0.4, -0.2) is 22.6 Å². The molecule has 1 aromatic carbocycles. The number of nitrogens with zero attached hydrogens (tertiary/aromatic N) is 2. The summed E-state index contributed by atoms with van der Waals surface area (Å²) in [5, 5.41) is 3.00. The molecular formula is C21H20ClN3O3. The molecule has 0 atom stereocenters. The number of hydrogen-bond donors (Lipinski definition) is 1. The molecule has 0 unspecified atom stereocenters. The summed E-state index contributed by atoms with van der Waals surface area (Å²) in [5.41, 5.74) is 3.58. The zero-order chi connectivity index (χ0) is 20.4. The number of amides is 1. The number of hydrogen-bond acceptors (Lipinski definition) is 4. The minimum atomic E-state index is -0.393. The summed E-state index contributed by atoms with van der Waals surface area (Å²) in [7, 11) is 1.53. The molecule has 1 amide bonds. The zero-order valence-electron chi connectivity index (χ0n) is 16.0. The predicted molar refractivity (Wildman–Crippen MR) is 110 cm³/mol. The van der Waals surface area contributed by atoms with Crippen molar-refractivity contribution in [3.63, 3.8) is 0 Å². The lowest BCUT2D eigenvalue weighted by atomic mass is 10.2. The Morgan fingerprint density at radius 2 is 1.89 bits per heavy atom. The van der Waals surface area contributed by atoms with Crippen molar-refractivity contribution in [2.24, 2.45) is 0 Å². The maximum atomic E-state index is 12.8. The molecule has 28 heavy (non-hydrogen) atoms. The number of nitrogens with one attached hydrogen (secondary N) is 1. The largest absolute Gasteiger partial charge is 0.495 e. The highest BCUT2D eigenvalue weighted by Gasteiger charge is 2.15. The third kappa shape index (κ3) is 3.92. The zero-order valence-corrected chi connectivity index (χ0v) is 16.8. The van der Waals surface area contributed by atoms with E-state index in [2.05, 4.69) is 10.3 Å². The number of benzene rings is 1. The first-order valence-electron chi connectivity index (χ1n) is 8.63. The fourth-order valence-electron chi connectivity index (χ4n) is 2.93. The van der Waals surface area contributed by atoms with E-state index in [0.29, 0.717) is 22.7 Å². The average Bonchev–Trinajstić information content (AvgIpc) is 2.64. The standard InChI is InChI=1S/C21H20ClN3O3/c1-12-5-7-17(28-4)16(9-12)25-11-15(6-8-18(25)26)21(27)24-19-13(2)10-14(3)23-20(19)22/h5-11H,1-4H3,(H,24,27). The molecule has 0 saturated heterocycles. The molecule has 0 aliphatic carbocycles. The first kappa shape index (κ1) is 19.6. The number of pyridine rings is 2. The second-order valence-corrected chi connectivity index (χ2v) is 6.86. The van der Waals surface area contributed by atoms with Gasteiger partial charge in [-0.2, -0.15) is 0 Å². The lowest BCUT2D eigenvalue weighted by Crippen LogP contribution is -2.21. The Balaban J connectivity index is 2.02. The van der Waals surface area contributed by atoms with Gasteiger partial charge in [0.15, 0.2) is 5.15 Å². The Bertz CT molecular complexity index is 1100. The SMILES string of the molecule is COc1ccc(C)cc1-n1cc(C(=O)Nc2c(C)cc(C)nc2Cl)ccc1=O. The van der Waals surface area contributed by atoms with Crippen molar-refractivity contribution >= 4 is 23.2 Å². The van der Waals surface area contributed by atoms with Crippen molar-refractivity contribution in [1.82, 2.24) is 9.55 Å². The molecular weight excluding hydrogens is 378 g/mol. The number of carbonyl (C=O) groups is 1. The summed E-state index contributed by atoms with van der Waals surface area (Å²) < 4.78 is 6.75. The van der Waals surface area contributed by atoms with Gasteiger partial charge in [0.2, 0.25) is 0 Å². The number of methoxy groups -OCH3 is 1. The average molecular weight is 398 g/mol. The van der Waals surface area contributed by atoms with Crippen molar-refractivity contribution in [2.75, 3.05) is 12.4 Å². The van der Waals surface area contributed by atoms with Crippen LogP contribution in [0.25, 0.3) is 5.69 Å². The van der Waals surface area contributed by atoms with E-state index in [1.165, 1.54) is 30.0 Å². The molecule has 6 nitrogen and oxygen atoms in total. The summed E-state index contributed by atoms with van der Waals surface area (Å²) in [6.07, 6.45) is 1.49. The molecule has 0 spiro atoms. The third-order valence-electron chi connectivity index (χ3n) is 4.31. The van der Waals surface area contributed by atoms with Gasteiger partial charge >= 0.3 is 0 Å². The quantitative estimate of drug-likeness (QED) is 0.673. The van der Waals surface area contributed by atoms with Gasteiger partial charge in [-0.3, -0.25) is 14.2 Å². The number of aromatic nitrogens is 2. The monoisotopic (exact) mass is 397 g/mol. The van der Waals surface area contributed by atoms with Crippen molar-refractivity contribution < 1.29 is 9.53 Å². The Labute approximate surface area is 167 Å². The molecule has 0 aliphatic rings.